The molecule has 5 nitrogen and oxygen atoms in total. The number of nitrogens with one attached hydrogen (secondary N) is 2. The number of fused-ring (bicyclic) bond motifs is 1. The molecule has 0 aliphatic rings. The van der Waals surface area contributed by atoms with E-state index in [1.165, 1.54) is 20.7 Å². The minimum atomic E-state index is -0.560. The Balaban J connectivity index is 1.48. The highest BCUT2D eigenvalue weighted by molar-refractivity contribution is 7.19. The summed E-state index contributed by atoms with van der Waals surface area (Å²) in [6.45, 7) is 5.44. The summed E-state index contributed by atoms with van der Waals surface area (Å²) in [5, 5.41) is 19.3. The van der Waals surface area contributed by atoms with Crippen molar-refractivity contribution in [3.8, 4) is 0 Å². The Morgan fingerprint density at radius 3 is 2.78 bits per heavy atom. The fourth-order valence-corrected chi connectivity index (χ4v) is 4.96. The Bertz CT molecular complexity index is 883. The summed E-state index contributed by atoms with van der Waals surface area (Å²) < 4.78 is 1.19. The van der Waals surface area contributed by atoms with E-state index in [0.717, 1.165) is 29.3 Å². The van der Waals surface area contributed by atoms with Gasteiger partial charge in [0.15, 0.2) is 5.96 Å². The first-order chi connectivity index (χ1) is 13.1. The lowest BCUT2D eigenvalue weighted by Crippen LogP contribution is -2.40. The van der Waals surface area contributed by atoms with Gasteiger partial charge >= 0.3 is 0 Å². The molecule has 0 amide bonds. The summed E-state index contributed by atoms with van der Waals surface area (Å²) in [5.41, 5.74) is 1.20. The maximum Gasteiger partial charge on any atom is 0.191 e. The van der Waals surface area contributed by atoms with Crippen molar-refractivity contribution in [1.82, 2.24) is 15.6 Å². The van der Waals surface area contributed by atoms with E-state index in [2.05, 4.69) is 52.7 Å². The van der Waals surface area contributed by atoms with E-state index in [9.17, 15) is 5.11 Å². The number of hydrogen-bond acceptors (Lipinski definition) is 5. The minimum absolute atomic E-state index is 0.419. The Hall–Kier alpha value is -1.96. The van der Waals surface area contributed by atoms with E-state index < -0.39 is 6.10 Å². The fourth-order valence-electron chi connectivity index (χ4n) is 2.89. The van der Waals surface area contributed by atoms with Gasteiger partial charge in [-0.1, -0.05) is 25.1 Å². The summed E-state index contributed by atoms with van der Waals surface area (Å²) in [5.74, 6) is 0.694. The summed E-state index contributed by atoms with van der Waals surface area (Å²) in [6.07, 6.45) is 1.29. The number of aliphatic imine (C=N–C) groups is 1. The van der Waals surface area contributed by atoms with Crippen LogP contribution in [0.4, 0.5) is 0 Å². The first kappa shape index (κ1) is 19.8. The molecular formula is C20H26N4OS2. The number of hydrogen-bond donors (Lipinski definition) is 3. The number of rotatable bonds is 7. The maximum absolute atomic E-state index is 10.5. The molecule has 0 fully saturated rings. The van der Waals surface area contributed by atoms with Gasteiger partial charge in [-0.05, 0) is 30.9 Å². The van der Waals surface area contributed by atoms with E-state index in [0.29, 0.717) is 12.5 Å². The molecule has 0 aliphatic heterocycles. The molecule has 0 aliphatic carbocycles. The lowest BCUT2D eigenvalue weighted by atomic mass is 10.2. The number of aromatic nitrogens is 1. The molecule has 0 bridgehead atoms. The molecule has 0 radical (unpaired) electrons. The monoisotopic (exact) mass is 402 g/mol. The Labute approximate surface area is 168 Å². The normalized spacial score (nSPS) is 13.1. The van der Waals surface area contributed by atoms with Crippen LogP contribution in [-0.2, 0) is 12.8 Å². The van der Waals surface area contributed by atoms with Crippen LogP contribution in [0.5, 0.6) is 0 Å². The largest absolute Gasteiger partial charge is 0.386 e. The topological polar surface area (TPSA) is 69.5 Å². The standard InChI is InChI=1S/C20H26N4OS2/c1-4-15-13(2)26-19(24-15)9-10-22-20(21-3)23-12-16(25)18-11-14-7-5-6-8-17(14)27-18/h5-8,11,16,25H,4,9-10,12H2,1-3H3,(H2,21,22,23). The van der Waals surface area contributed by atoms with Crippen LogP contribution >= 0.6 is 22.7 Å². The van der Waals surface area contributed by atoms with Crippen LogP contribution in [0.3, 0.4) is 0 Å². The molecule has 7 heteroatoms. The van der Waals surface area contributed by atoms with E-state index in [1.54, 1.807) is 29.7 Å². The van der Waals surface area contributed by atoms with Crippen LogP contribution in [0.2, 0.25) is 0 Å². The van der Waals surface area contributed by atoms with Gasteiger partial charge in [0.05, 0.1) is 10.7 Å². The van der Waals surface area contributed by atoms with Crippen molar-refractivity contribution in [2.45, 2.75) is 32.8 Å². The van der Waals surface area contributed by atoms with Crippen LogP contribution in [0, 0.1) is 6.92 Å². The van der Waals surface area contributed by atoms with Crippen LogP contribution in [0.1, 0.15) is 33.5 Å². The second-order valence-corrected chi connectivity index (χ2v) is 8.70. The smallest absolute Gasteiger partial charge is 0.191 e. The number of thiazole rings is 1. The predicted molar refractivity (Wildman–Crippen MR) is 116 cm³/mol. The van der Waals surface area contributed by atoms with Gasteiger partial charge in [-0.15, -0.1) is 22.7 Å². The molecule has 2 heterocycles. The Morgan fingerprint density at radius 1 is 1.26 bits per heavy atom. The van der Waals surface area contributed by atoms with E-state index in [4.69, 9.17) is 0 Å². The Morgan fingerprint density at radius 2 is 2.07 bits per heavy atom. The molecule has 0 spiro atoms. The summed E-state index contributed by atoms with van der Waals surface area (Å²) >= 11 is 3.39. The van der Waals surface area contributed by atoms with Crippen LogP contribution in [-0.4, -0.2) is 36.2 Å². The molecule has 3 rings (SSSR count). The van der Waals surface area contributed by atoms with Crippen molar-refractivity contribution in [2.24, 2.45) is 4.99 Å². The van der Waals surface area contributed by atoms with Gasteiger partial charge in [-0.2, -0.15) is 0 Å². The average molecular weight is 403 g/mol. The Kier molecular flexibility index (Phi) is 6.82. The molecule has 0 saturated carbocycles. The second-order valence-electron chi connectivity index (χ2n) is 6.30. The highest BCUT2D eigenvalue weighted by atomic mass is 32.1. The number of nitrogens with zero attached hydrogens (tertiary/aromatic N) is 2. The molecule has 1 unspecified atom stereocenters. The molecule has 1 aromatic carbocycles. The number of aryl methyl sites for hydroxylation is 2. The highest BCUT2D eigenvalue weighted by Gasteiger charge is 2.12. The van der Waals surface area contributed by atoms with Crippen LogP contribution in [0.25, 0.3) is 10.1 Å². The van der Waals surface area contributed by atoms with Crippen LogP contribution in [0.15, 0.2) is 35.3 Å². The second kappa shape index (κ2) is 9.30. The molecule has 3 N–H and O–H groups in total. The SMILES string of the molecule is CCc1nc(CCNC(=NC)NCC(O)c2cc3ccccc3s2)sc1C. The van der Waals surface area contributed by atoms with E-state index in [1.807, 2.05) is 12.1 Å². The van der Waals surface area contributed by atoms with E-state index in [-0.39, 0.29) is 0 Å². The molecule has 27 heavy (non-hydrogen) atoms. The number of guanidine groups is 1. The van der Waals surface area contributed by atoms with Crippen molar-refractivity contribution < 1.29 is 5.11 Å². The van der Waals surface area contributed by atoms with Crippen molar-refractivity contribution in [2.75, 3.05) is 20.1 Å². The quantitative estimate of drug-likeness (QED) is 0.417. The summed E-state index contributed by atoms with van der Waals surface area (Å²) in [4.78, 5) is 11.2. The summed E-state index contributed by atoms with van der Waals surface area (Å²) in [7, 11) is 1.74. The van der Waals surface area contributed by atoms with Gasteiger partial charge in [-0.3, -0.25) is 4.99 Å². The first-order valence-electron chi connectivity index (χ1n) is 9.17. The molecule has 0 saturated heterocycles. The van der Waals surface area contributed by atoms with Crippen molar-refractivity contribution in [1.29, 1.82) is 0 Å². The van der Waals surface area contributed by atoms with Gasteiger partial charge in [0.1, 0.15) is 6.10 Å². The van der Waals surface area contributed by atoms with Crippen molar-refractivity contribution in [3.05, 3.63) is 50.8 Å². The minimum Gasteiger partial charge on any atom is -0.386 e. The number of benzene rings is 1. The van der Waals surface area contributed by atoms with E-state index >= 15 is 0 Å². The number of aliphatic hydroxyl groups is 1. The zero-order valence-corrected chi connectivity index (χ0v) is 17.6. The predicted octanol–water partition coefficient (Wildman–Crippen LogP) is 3.67. The van der Waals surface area contributed by atoms with Gasteiger partial charge in [0.25, 0.3) is 0 Å². The molecule has 3 aromatic rings. The van der Waals surface area contributed by atoms with Gasteiger partial charge < -0.3 is 15.7 Å². The lowest BCUT2D eigenvalue weighted by molar-refractivity contribution is 0.184. The molecule has 2 aromatic heterocycles. The average Bonchev–Trinajstić information content (AvgIpc) is 3.27. The molecular weight excluding hydrogens is 376 g/mol. The zero-order valence-electron chi connectivity index (χ0n) is 16.0. The number of aliphatic hydroxyl groups excluding tert-OH is 1. The first-order valence-corrected chi connectivity index (χ1v) is 10.8. The third-order valence-corrected chi connectivity index (χ3v) is 6.65. The molecule has 1 atom stereocenters. The molecule has 144 valence electrons. The lowest BCUT2D eigenvalue weighted by Gasteiger charge is -2.14. The zero-order chi connectivity index (χ0) is 19.2. The maximum atomic E-state index is 10.5. The van der Waals surface area contributed by atoms with Gasteiger partial charge in [-0.25, -0.2) is 4.98 Å². The third kappa shape index (κ3) is 5.06. The number of thiophene rings is 1. The fraction of sp³-hybridized carbons (Fsp3) is 0.400. The van der Waals surface area contributed by atoms with Crippen LogP contribution < -0.4 is 10.6 Å². The van der Waals surface area contributed by atoms with Gasteiger partial charge in [0.2, 0.25) is 0 Å². The van der Waals surface area contributed by atoms with Crippen molar-refractivity contribution >= 4 is 38.7 Å². The van der Waals surface area contributed by atoms with Crippen molar-refractivity contribution in [3.63, 3.8) is 0 Å². The third-order valence-electron chi connectivity index (χ3n) is 4.36. The highest BCUT2D eigenvalue weighted by Crippen LogP contribution is 2.29. The van der Waals surface area contributed by atoms with Gasteiger partial charge in [0, 0.05) is 41.0 Å². The summed E-state index contributed by atoms with van der Waals surface area (Å²) in [6, 6.07) is 10.2.